The van der Waals surface area contributed by atoms with Gasteiger partial charge in [0.2, 0.25) is 0 Å². The monoisotopic (exact) mass is 332 g/mol. The van der Waals surface area contributed by atoms with E-state index in [1.54, 1.807) is 7.11 Å². The smallest absolute Gasteiger partial charge is 0.252 e. The Morgan fingerprint density at radius 3 is 2.80 bits per heavy atom. The lowest BCUT2D eigenvalue weighted by Crippen LogP contribution is -2.23. The lowest BCUT2D eigenvalue weighted by atomic mass is 10.1. The van der Waals surface area contributed by atoms with Crippen LogP contribution in [0.15, 0.2) is 54.6 Å². The number of methoxy groups -OCH3 is 1. The average Bonchev–Trinajstić information content (AvgIpc) is 3.50. The van der Waals surface area contributed by atoms with E-state index in [-0.39, 0.29) is 5.91 Å². The number of ether oxygens (including phenoxy) is 1. The van der Waals surface area contributed by atoms with E-state index in [0.29, 0.717) is 18.0 Å². The van der Waals surface area contributed by atoms with Crippen molar-refractivity contribution in [2.24, 2.45) is 0 Å². The Hall–Kier alpha value is -2.88. The van der Waals surface area contributed by atoms with Gasteiger partial charge in [-0.05, 0) is 42.7 Å². The van der Waals surface area contributed by atoms with Gasteiger partial charge in [-0.15, -0.1) is 0 Å². The third-order valence-corrected chi connectivity index (χ3v) is 4.56. The predicted molar refractivity (Wildman–Crippen MR) is 97.9 cm³/mol. The third kappa shape index (κ3) is 3.33. The number of rotatable bonds is 5. The van der Waals surface area contributed by atoms with Gasteiger partial charge in [0.15, 0.2) is 0 Å². The van der Waals surface area contributed by atoms with Crippen LogP contribution in [0, 0.1) is 0 Å². The van der Waals surface area contributed by atoms with Crippen LogP contribution in [0.2, 0.25) is 0 Å². The predicted octanol–water partition coefficient (Wildman–Crippen LogP) is 4.05. The zero-order chi connectivity index (χ0) is 17.2. The highest BCUT2D eigenvalue weighted by atomic mass is 16.5. The van der Waals surface area contributed by atoms with Gasteiger partial charge in [0.1, 0.15) is 5.75 Å². The van der Waals surface area contributed by atoms with E-state index < -0.39 is 0 Å². The molecule has 4 nitrogen and oxygen atoms in total. The van der Waals surface area contributed by atoms with Gasteiger partial charge in [0.05, 0.1) is 18.2 Å². The van der Waals surface area contributed by atoms with Crippen LogP contribution in [0.3, 0.4) is 0 Å². The van der Waals surface area contributed by atoms with Gasteiger partial charge in [-0.3, -0.25) is 9.78 Å². The molecule has 4 rings (SSSR count). The summed E-state index contributed by atoms with van der Waals surface area (Å²) in [6.07, 6.45) is 2.33. The summed E-state index contributed by atoms with van der Waals surface area (Å²) in [5.74, 6) is 1.23. The van der Waals surface area contributed by atoms with Crippen LogP contribution in [0.4, 0.5) is 0 Å². The Kier molecular flexibility index (Phi) is 4.10. The molecule has 0 unspecified atom stereocenters. The first-order chi connectivity index (χ1) is 12.2. The van der Waals surface area contributed by atoms with Gasteiger partial charge in [0.25, 0.3) is 5.91 Å². The van der Waals surface area contributed by atoms with Crippen LogP contribution in [0.1, 0.15) is 40.4 Å². The van der Waals surface area contributed by atoms with Crippen LogP contribution < -0.4 is 10.1 Å². The number of carbonyl (C=O) groups is 1. The van der Waals surface area contributed by atoms with Crippen molar-refractivity contribution in [2.75, 3.05) is 7.11 Å². The molecular formula is C21H20N2O2. The van der Waals surface area contributed by atoms with Crippen molar-refractivity contribution in [1.29, 1.82) is 0 Å². The minimum Gasteiger partial charge on any atom is -0.497 e. The van der Waals surface area contributed by atoms with Gasteiger partial charge in [-0.1, -0.05) is 30.3 Å². The Bertz CT molecular complexity index is 932. The summed E-state index contributed by atoms with van der Waals surface area (Å²) < 4.78 is 5.23. The van der Waals surface area contributed by atoms with Gasteiger partial charge in [-0.2, -0.15) is 0 Å². The normalized spacial score (nSPS) is 13.6. The molecule has 0 radical (unpaired) electrons. The van der Waals surface area contributed by atoms with Gasteiger partial charge in [-0.25, -0.2) is 0 Å². The maximum atomic E-state index is 12.8. The van der Waals surface area contributed by atoms with Gasteiger partial charge >= 0.3 is 0 Å². The molecule has 0 aliphatic heterocycles. The van der Waals surface area contributed by atoms with E-state index in [0.717, 1.165) is 40.8 Å². The number of benzene rings is 2. The molecule has 0 atom stereocenters. The first-order valence-electron chi connectivity index (χ1n) is 8.55. The molecule has 2 aromatic carbocycles. The number of carbonyl (C=O) groups excluding carboxylic acids is 1. The van der Waals surface area contributed by atoms with Crippen LogP contribution in [-0.4, -0.2) is 18.0 Å². The molecule has 0 bridgehead atoms. The lowest BCUT2D eigenvalue weighted by molar-refractivity contribution is 0.0952. The third-order valence-electron chi connectivity index (χ3n) is 4.56. The van der Waals surface area contributed by atoms with Crippen molar-refractivity contribution >= 4 is 16.8 Å². The maximum Gasteiger partial charge on any atom is 0.252 e. The summed E-state index contributed by atoms with van der Waals surface area (Å²) in [5, 5.41) is 3.92. The molecule has 1 N–H and O–H groups in total. The fraction of sp³-hybridized carbons (Fsp3) is 0.238. The van der Waals surface area contributed by atoms with Crippen molar-refractivity contribution in [1.82, 2.24) is 10.3 Å². The summed E-state index contributed by atoms with van der Waals surface area (Å²) in [6.45, 7) is 0.464. The fourth-order valence-corrected chi connectivity index (χ4v) is 3.03. The van der Waals surface area contributed by atoms with E-state index >= 15 is 0 Å². The Morgan fingerprint density at radius 2 is 2.00 bits per heavy atom. The van der Waals surface area contributed by atoms with E-state index in [9.17, 15) is 4.79 Å². The Balaban J connectivity index is 1.60. The zero-order valence-electron chi connectivity index (χ0n) is 14.2. The summed E-state index contributed by atoms with van der Waals surface area (Å²) in [4.78, 5) is 17.5. The first-order valence-corrected chi connectivity index (χ1v) is 8.55. The van der Waals surface area contributed by atoms with Crippen LogP contribution >= 0.6 is 0 Å². The highest BCUT2D eigenvalue weighted by Gasteiger charge is 2.26. The minimum absolute atomic E-state index is 0.0664. The maximum absolute atomic E-state index is 12.8. The van der Waals surface area contributed by atoms with E-state index in [2.05, 4.69) is 5.32 Å². The standard InChI is InChI=1S/C21H20N2O2/c1-25-16-6-4-5-14(11-16)13-22-21(24)18-12-20(15-9-10-15)23-19-8-3-2-7-17(18)19/h2-8,11-12,15H,9-10,13H2,1H3,(H,22,24). The molecule has 25 heavy (non-hydrogen) atoms. The minimum atomic E-state index is -0.0664. The van der Waals surface area contributed by atoms with Gasteiger partial charge < -0.3 is 10.1 Å². The number of fused-ring (bicyclic) bond motifs is 1. The lowest BCUT2D eigenvalue weighted by Gasteiger charge is -2.11. The molecule has 1 aromatic heterocycles. The fourth-order valence-electron chi connectivity index (χ4n) is 3.03. The number of hydrogen-bond donors (Lipinski definition) is 1. The molecule has 1 amide bonds. The molecule has 4 heteroatoms. The Morgan fingerprint density at radius 1 is 1.16 bits per heavy atom. The van der Waals surface area contributed by atoms with Crippen LogP contribution in [0.5, 0.6) is 5.75 Å². The van der Waals surface area contributed by atoms with Crippen LogP contribution in [0.25, 0.3) is 10.9 Å². The number of aromatic nitrogens is 1. The SMILES string of the molecule is COc1cccc(CNC(=O)c2cc(C3CC3)nc3ccccc23)c1. The molecule has 0 saturated heterocycles. The van der Waals surface area contributed by atoms with Gasteiger partial charge in [0, 0.05) is 23.5 Å². The average molecular weight is 332 g/mol. The van der Waals surface area contributed by atoms with Crippen molar-refractivity contribution in [3.05, 3.63) is 71.4 Å². The first kappa shape index (κ1) is 15.6. The van der Waals surface area contributed by atoms with Crippen LogP contribution in [-0.2, 0) is 6.54 Å². The summed E-state index contributed by atoms with van der Waals surface area (Å²) >= 11 is 0. The van der Waals surface area contributed by atoms with Crippen molar-refractivity contribution in [3.63, 3.8) is 0 Å². The van der Waals surface area contributed by atoms with E-state index in [1.165, 1.54) is 0 Å². The van der Waals surface area contributed by atoms with E-state index in [1.807, 2.05) is 54.6 Å². The topological polar surface area (TPSA) is 51.2 Å². The molecule has 3 aromatic rings. The molecular weight excluding hydrogens is 312 g/mol. The number of hydrogen-bond acceptors (Lipinski definition) is 3. The number of amides is 1. The number of nitrogens with one attached hydrogen (secondary N) is 1. The second-order valence-electron chi connectivity index (χ2n) is 6.42. The van der Waals surface area contributed by atoms with Crippen molar-refractivity contribution in [2.45, 2.75) is 25.3 Å². The molecule has 126 valence electrons. The summed E-state index contributed by atoms with van der Waals surface area (Å²) in [7, 11) is 1.64. The highest BCUT2D eigenvalue weighted by molar-refractivity contribution is 6.06. The molecule has 1 heterocycles. The quantitative estimate of drug-likeness (QED) is 0.767. The highest BCUT2D eigenvalue weighted by Crippen LogP contribution is 2.40. The molecule has 1 aliphatic carbocycles. The number of para-hydroxylation sites is 1. The Labute approximate surface area is 146 Å². The second-order valence-corrected chi connectivity index (χ2v) is 6.42. The zero-order valence-corrected chi connectivity index (χ0v) is 14.2. The summed E-state index contributed by atoms with van der Waals surface area (Å²) in [6, 6.07) is 17.5. The molecule has 0 spiro atoms. The largest absolute Gasteiger partial charge is 0.497 e. The van der Waals surface area contributed by atoms with Crippen molar-refractivity contribution < 1.29 is 9.53 Å². The number of nitrogens with zero attached hydrogens (tertiary/aromatic N) is 1. The van der Waals surface area contributed by atoms with Crippen molar-refractivity contribution in [3.8, 4) is 5.75 Å². The molecule has 1 saturated carbocycles. The number of pyridine rings is 1. The molecule has 1 aliphatic rings. The summed E-state index contributed by atoms with van der Waals surface area (Å²) in [5.41, 5.74) is 3.63. The van der Waals surface area contributed by atoms with E-state index in [4.69, 9.17) is 9.72 Å². The second kappa shape index (κ2) is 6.55. The molecule has 1 fully saturated rings.